The van der Waals surface area contributed by atoms with Crippen molar-refractivity contribution in [1.82, 2.24) is 5.32 Å². The molecule has 1 aliphatic carbocycles. The number of hydrogen-bond acceptors (Lipinski definition) is 3. The van der Waals surface area contributed by atoms with E-state index in [1.807, 2.05) is 0 Å². The summed E-state index contributed by atoms with van der Waals surface area (Å²) in [6.45, 7) is 4.91. The first-order valence-electron chi connectivity index (χ1n) is 5.74. The van der Waals surface area contributed by atoms with Crippen molar-refractivity contribution in [2.24, 2.45) is 5.73 Å². The molecule has 3 heteroatoms. The number of nitrogens with one attached hydrogen (secondary N) is 1. The molecular weight excluding hydrogens is 176 g/mol. The van der Waals surface area contributed by atoms with Gasteiger partial charge in [-0.05, 0) is 39.0 Å². The second-order valence-corrected chi connectivity index (χ2v) is 5.24. The van der Waals surface area contributed by atoms with Crippen LogP contribution in [0.1, 0.15) is 39.0 Å². The SMILES string of the molecule is CC1(NCC2(N)CCOCC2)CCC1. The molecule has 3 nitrogen and oxygen atoms in total. The molecule has 1 aliphatic heterocycles. The Balaban J connectivity index is 1.77. The van der Waals surface area contributed by atoms with Crippen molar-refractivity contribution in [1.29, 1.82) is 0 Å². The summed E-state index contributed by atoms with van der Waals surface area (Å²) in [5, 5.41) is 3.63. The minimum absolute atomic E-state index is 0.0170. The topological polar surface area (TPSA) is 47.3 Å². The van der Waals surface area contributed by atoms with Gasteiger partial charge in [0.1, 0.15) is 0 Å². The maximum atomic E-state index is 6.30. The van der Waals surface area contributed by atoms with Crippen LogP contribution in [0.4, 0.5) is 0 Å². The first kappa shape index (κ1) is 10.4. The zero-order valence-corrected chi connectivity index (χ0v) is 9.14. The first-order valence-corrected chi connectivity index (χ1v) is 5.74. The predicted molar refractivity (Wildman–Crippen MR) is 57.2 cm³/mol. The molecule has 2 rings (SSSR count). The zero-order chi connectivity index (χ0) is 10.1. The van der Waals surface area contributed by atoms with Gasteiger partial charge in [-0.15, -0.1) is 0 Å². The van der Waals surface area contributed by atoms with E-state index in [0.29, 0.717) is 5.54 Å². The smallest absolute Gasteiger partial charge is 0.0484 e. The van der Waals surface area contributed by atoms with Gasteiger partial charge in [0, 0.05) is 30.8 Å². The van der Waals surface area contributed by atoms with Gasteiger partial charge in [0.05, 0.1) is 0 Å². The van der Waals surface area contributed by atoms with E-state index < -0.39 is 0 Å². The summed E-state index contributed by atoms with van der Waals surface area (Å²) >= 11 is 0. The standard InChI is InChI=1S/C11H22N2O/c1-10(3-2-4-10)13-9-11(12)5-7-14-8-6-11/h13H,2-9,12H2,1H3. The van der Waals surface area contributed by atoms with Crippen LogP contribution in [-0.4, -0.2) is 30.8 Å². The molecule has 2 fully saturated rings. The summed E-state index contributed by atoms with van der Waals surface area (Å²) in [5.41, 5.74) is 6.67. The second-order valence-electron chi connectivity index (χ2n) is 5.24. The molecule has 0 spiro atoms. The van der Waals surface area contributed by atoms with Crippen LogP contribution in [-0.2, 0) is 4.74 Å². The molecule has 0 atom stereocenters. The van der Waals surface area contributed by atoms with E-state index in [0.717, 1.165) is 32.6 Å². The van der Waals surface area contributed by atoms with Crippen LogP contribution in [0.2, 0.25) is 0 Å². The van der Waals surface area contributed by atoms with Crippen molar-refractivity contribution in [3.05, 3.63) is 0 Å². The maximum Gasteiger partial charge on any atom is 0.0484 e. The lowest BCUT2D eigenvalue weighted by Gasteiger charge is -2.43. The molecule has 0 aromatic carbocycles. The third kappa shape index (κ3) is 2.27. The van der Waals surface area contributed by atoms with E-state index in [2.05, 4.69) is 12.2 Å². The minimum Gasteiger partial charge on any atom is -0.381 e. The highest BCUT2D eigenvalue weighted by molar-refractivity contribution is 4.96. The van der Waals surface area contributed by atoms with Gasteiger partial charge in [-0.25, -0.2) is 0 Å². The van der Waals surface area contributed by atoms with Crippen LogP contribution in [0.3, 0.4) is 0 Å². The monoisotopic (exact) mass is 198 g/mol. The highest BCUT2D eigenvalue weighted by Gasteiger charge is 2.35. The van der Waals surface area contributed by atoms with Crippen LogP contribution < -0.4 is 11.1 Å². The van der Waals surface area contributed by atoms with Crippen molar-refractivity contribution in [3.63, 3.8) is 0 Å². The van der Waals surface area contributed by atoms with Crippen molar-refractivity contribution in [2.45, 2.75) is 50.1 Å². The van der Waals surface area contributed by atoms with Gasteiger partial charge in [0.25, 0.3) is 0 Å². The molecule has 0 unspecified atom stereocenters. The van der Waals surface area contributed by atoms with Crippen molar-refractivity contribution < 1.29 is 4.74 Å². The molecule has 14 heavy (non-hydrogen) atoms. The van der Waals surface area contributed by atoms with E-state index in [9.17, 15) is 0 Å². The fourth-order valence-corrected chi connectivity index (χ4v) is 2.23. The Morgan fingerprint density at radius 2 is 1.86 bits per heavy atom. The molecule has 1 saturated heterocycles. The zero-order valence-electron chi connectivity index (χ0n) is 9.14. The molecule has 0 aromatic heterocycles. The molecule has 1 heterocycles. The summed E-state index contributed by atoms with van der Waals surface area (Å²) in [4.78, 5) is 0. The molecular formula is C11H22N2O. The highest BCUT2D eigenvalue weighted by atomic mass is 16.5. The average molecular weight is 198 g/mol. The third-order valence-corrected chi connectivity index (χ3v) is 3.81. The van der Waals surface area contributed by atoms with Crippen LogP contribution in [0.15, 0.2) is 0 Å². The van der Waals surface area contributed by atoms with Gasteiger partial charge >= 0.3 is 0 Å². The van der Waals surface area contributed by atoms with Gasteiger partial charge in [-0.2, -0.15) is 0 Å². The van der Waals surface area contributed by atoms with Crippen molar-refractivity contribution >= 4 is 0 Å². The number of ether oxygens (including phenoxy) is 1. The maximum absolute atomic E-state index is 6.30. The van der Waals surface area contributed by atoms with Crippen LogP contribution in [0.25, 0.3) is 0 Å². The van der Waals surface area contributed by atoms with Gasteiger partial charge in [-0.3, -0.25) is 0 Å². The largest absolute Gasteiger partial charge is 0.381 e. The van der Waals surface area contributed by atoms with Gasteiger partial charge in [-0.1, -0.05) is 0 Å². The average Bonchev–Trinajstić information content (AvgIpc) is 2.13. The molecule has 0 bridgehead atoms. The van der Waals surface area contributed by atoms with Crippen molar-refractivity contribution in [2.75, 3.05) is 19.8 Å². The molecule has 0 amide bonds. The Morgan fingerprint density at radius 1 is 1.21 bits per heavy atom. The van der Waals surface area contributed by atoms with E-state index in [1.165, 1.54) is 19.3 Å². The highest BCUT2D eigenvalue weighted by Crippen LogP contribution is 2.31. The normalized spacial score (nSPS) is 29.6. The van der Waals surface area contributed by atoms with E-state index in [-0.39, 0.29) is 5.54 Å². The third-order valence-electron chi connectivity index (χ3n) is 3.81. The minimum atomic E-state index is -0.0170. The Morgan fingerprint density at radius 3 is 2.36 bits per heavy atom. The lowest BCUT2D eigenvalue weighted by molar-refractivity contribution is 0.0470. The van der Waals surface area contributed by atoms with Crippen LogP contribution >= 0.6 is 0 Å². The number of rotatable bonds is 3. The summed E-state index contributed by atoms with van der Waals surface area (Å²) in [6.07, 6.45) is 5.97. The fraction of sp³-hybridized carbons (Fsp3) is 1.00. The fourth-order valence-electron chi connectivity index (χ4n) is 2.23. The van der Waals surface area contributed by atoms with E-state index >= 15 is 0 Å². The van der Waals surface area contributed by atoms with Crippen LogP contribution in [0, 0.1) is 0 Å². The van der Waals surface area contributed by atoms with Crippen LogP contribution in [0.5, 0.6) is 0 Å². The lowest BCUT2D eigenvalue weighted by Crippen LogP contribution is -2.59. The number of nitrogens with two attached hydrogens (primary N) is 1. The lowest BCUT2D eigenvalue weighted by atomic mass is 9.77. The molecule has 0 radical (unpaired) electrons. The molecule has 2 aliphatic rings. The summed E-state index contributed by atoms with van der Waals surface area (Å²) < 4.78 is 5.33. The Kier molecular flexibility index (Phi) is 2.82. The van der Waals surface area contributed by atoms with Crippen molar-refractivity contribution in [3.8, 4) is 0 Å². The molecule has 82 valence electrons. The van der Waals surface area contributed by atoms with E-state index in [1.54, 1.807) is 0 Å². The molecule has 1 saturated carbocycles. The Labute approximate surface area is 86.4 Å². The van der Waals surface area contributed by atoms with E-state index in [4.69, 9.17) is 10.5 Å². The van der Waals surface area contributed by atoms with Gasteiger partial charge in [0.15, 0.2) is 0 Å². The predicted octanol–water partition coefficient (Wildman–Crippen LogP) is 1.03. The summed E-state index contributed by atoms with van der Waals surface area (Å²) in [5.74, 6) is 0. The first-order chi connectivity index (χ1) is 6.62. The second kappa shape index (κ2) is 3.80. The number of hydrogen-bond donors (Lipinski definition) is 2. The Hall–Kier alpha value is -0.120. The summed E-state index contributed by atoms with van der Waals surface area (Å²) in [7, 11) is 0. The van der Waals surface area contributed by atoms with Gasteiger partial charge < -0.3 is 15.8 Å². The summed E-state index contributed by atoms with van der Waals surface area (Å²) in [6, 6.07) is 0. The molecule has 0 aromatic rings. The van der Waals surface area contributed by atoms with Gasteiger partial charge in [0.2, 0.25) is 0 Å². The quantitative estimate of drug-likeness (QED) is 0.712. The molecule has 3 N–H and O–H groups in total. The Bertz CT molecular complexity index is 195.